The first-order chi connectivity index (χ1) is 6.96. The van der Waals surface area contributed by atoms with Crippen LogP contribution in [0, 0.1) is 12.7 Å². The van der Waals surface area contributed by atoms with Crippen molar-refractivity contribution in [2.24, 2.45) is 0 Å². The summed E-state index contributed by atoms with van der Waals surface area (Å²) in [5, 5.41) is 3.01. The lowest BCUT2D eigenvalue weighted by Crippen LogP contribution is -2.39. The van der Waals surface area contributed by atoms with Crippen LogP contribution in [-0.2, 0) is 0 Å². The molecule has 1 aromatic carbocycles. The molecule has 0 unspecified atom stereocenters. The largest absolute Gasteiger partial charge is 0.483 e. The third-order valence-electron chi connectivity index (χ3n) is 2.15. The van der Waals surface area contributed by atoms with Crippen LogP contribution in [-0.4, -0.2) is 19.2 Å². The smallest absolute Gasteiger partial charge is 0.167 e. The van der Waals surface area contributed by atoms with Crippen LogP contribution in [0.5, 0.6) is 5.75 Å². The van der Waals surface area contributed by atoms with Gasteiger partial charge in [0.1, 0.15) is 5.60 Å². The highest BCUT2D eigenvalue weighted by Gasteiger charge is 2.20. The molecule has 0 radical (unpaired) electrons. The monoisotopic (exact) mass is 211 g/mol. The summed E-state index contributed by atoms with van der Waals surface area (Å²) in [6, 6.07) is 5.18. The van der Waals surface area contributed by atoms with Crippen LogP contribution in [0.15, 0.2) is 18.2 Å². The number of rotatable bonds is 4. The number of halogens is 1. The molecule has 1 N–H and O–H groups in total. The molecule has 0 heterocycles. The van der Waals surface area contributed by atoms with Crippen molar-refractivity contribution < 1.29 is 9.13 Å². The molecule has 0 bridgehead atoms. The van der Waals surface area contributed by atoms with E-state index in [-0.39, 0.29) is 5.82 Å². The van der Waals surface area contributed by atoms with Crippen LogP contribution >= 0.6 is 0 Å². The van der Waals surface area contributed by atoms with E-state index >= 15 is 0 Å². The van der Waals surface area contributed by atoms with Crippen LogP contribution in [0.2, 0.25) is 0 Å². The summed E-state index contributed by atoms with van der Waals surface area (Å²) in [6.45, 7) is 6.24. The number of nitrogens with one attached hydrogen (secondary N) is 1. The fraction of sp³-hybridized carbons (Fsp3) is 0.500. The average Bonchev–Trinajstić information content (AvgIpc) is 2.12. The van der Waals surface area contributed by atoms with E-state index in [2.05, 4.69) is 5.32 Å². The maximum atomic E-state index is 13.6. The van der Waals surface area contributed by atoms with Gasteiger partial charge in [-0.25, -0.2) is 4.39 Å². The van der Waals surface area contributed by atoms with Gasteiger partial charge in [-0.05, 0) is 39.4 Å². The second kappa shape index (κ2) is 4.62. The minimum atomic E-state index is -0.413. The first kappa shape index (κ1) is 12.0. The lowest BCUT2D eigenvalue weighted by Gasteiger charge is -2.26. The Morgan fingerprint density at radius 3 is 2.67 bits per heavy atom. The Morgan fingerprint density at radius 2 is 2.07 bits per heavy atom. The summed E-state index contributed by atoms with van der Waals surface area (Å²) >= 11 is 0. The highest BCUT2D eigenvalue weighted by atomic mass is 19.1. The Labute approximate surface area is 90.4 Å². The van der Waals surface area contributed by atoms with Crippen LogP contribution < -0.4 is 10.1 Å². The molecule has 0 saturated heterocycles. The number of benzene rings is 1. The molecule has 3 heteroatoms. The number of hydrogen-bond donors (Lipinski definition) is 1. The molecule has 0 aromatic heterocycles. The Bertz CT molecular complexity index is 336. The zero-order chi connectivity index (χ0) is 11.5. The molecule has 0 amide bonds. The van der Waals surface area contributed by atoms with Crippen molar-refractivity contribution in [3.05, 3.63) is 29.6 Å². The molecule has 1 rings (SSSR count). The van der Waals surface area contributed by atoms with Gasteiger partial charge in [0.2, 0.25) is 0 Å². The second-order valence-electron chi connectivity index (χ2n) is 4.28. The van der Waals surface area contributed by atoms with E-state index in [1.54, 1.807) is 25.1 Å². The third-order valence-corrected chi connectivity index (χ3v) is 2.15. The van der Waals surface area contributed by atoms with E-state index in [1.807, 2.05) is 20.9 Å². The maximum absolute atomic E-state index is 13.6. The molecule has 0 saturated carbocycles. The molecule has 15 heavy (non-hydrogen) atoms. The summed E-state index contributed by atoms with van der Waals surface area (Å²) in [4.78, 5) is 0. The molecule has 0 spiro atoms. The highest BCUT2D eigenvalue weighted by molar-refractivity contribution is 5.30. The van der Waals surface area contributed by atoms with Crippen molar-refractivity contribution in [1.29, 1.82) is 0 Å². The predicted molar refractivity (Wildman–Crippen MR) is 59.8 cm³/mol. The van der Waals surface area contributed by atoms with Gasteiger partial charge in [0.25, 0.3) is 0 Å². The minimum Gasteiger partial charge on any atom is -0.483 e. The number of ether oxygens (including phenoxy) is 1. The summed E-state index contributed by atoms with van der Waals surface area (Å²) < 4.78 is 19.2. The normalized spacial score (nSPS) is 11.5. The Balaban J connectivity index is 2.85. The van der Waals surface area contributed by atoms with Gasteiger partial charge in [0, 0.05) is 6.54 Å². The van der Waals surface area contributed by atoms with Crippen molar-refractivity contribution in [2.45, 2.75) is 26.4 Å². The van der Waals surface area contributed by atoms with Crippen LogP contribution in [0.25, 0.3) is 0 Å². The Morgan fingerprint density at radius 1 is 1.40 bits per heavy atom. The van der Waals surface area contributed by atoms with E-state index < -0.39 is 5.60 Å². The maximum Gasteiger partial charge on any atom is 0.167 e. The van der Waals surface area contributed by atoms with E-state index in [0.717, 1.165) is 0 Å². The third kappa shape index (κ3) is 3.20. The lowest BCUT2D eigenvalue weighted by atomic mass is 10.1. The van der Waals surface area contributed by atoms with Crippen LogP contribution in [0.4, 0.5) is 4.39 Å². The fourth-order valence-electron chi connectivity index (χ4n) is 1.46. The molecule has 0 atom stereocenters. The molecular formula is C12H18FNO. The van der Waals surface area contributed by atoms with Gasteiger partial charge in [-0.3, -0.25) is 0 Å². The van der Waals surface area contributed by atoms with Crippen molar-refractivity contribution >= 4 is 0 Å². The van der Waals surface area contributed by atoms with Crippen molar-refractivity contribution in [1.82, 2.24) is 5.32 Å². The Kier molecular flexibility index (Phi) is 3.69. The molecule has 1 aromatic rings. The van der Waals surface area contributed by atoms with Gasteiger partial charge in [-0.2, -0.15) is 0 Å². The molecule has 84 valence electrons. The average molecular weight is 211 g/mol. The van der Waals surface area contributed by atoms with E-state index in [4.69, 9.17) is 4.74 Å². The quantitative estimate of drug-likeness (QED) is 0.826. The van der Waals surface area contributed by atoms with E-state index in [1.165, 1.54) is 0 Å². The van der Waals surface area contributed by atoms with Crippen molar-refractivity contribution in [3.8, 4) is 5.75 Å². The SMILES string of the molecule is CNCC(C)(C)Oc1cccc(C)c1F. The number of aryl methyl sites for hydroxylation is 1. The highest BCUT2D eigenvalue weighted by Crippen LogP contribution is 2.23. The van der Waals surface area contributed by atoms with Gasteiger partial charge < -0.3 is 10.1 Å². The molecular weight excluding hydrogens is 193 g/mol. The van der Waals surface area contributed by atoms with Gasteiger partial charge in [0.05, 0.1) is 0 Å². The zero-order valence-electron chi connectivity index (χ0n) is 9.73. The predicted octanol–water partition coefficient (Wildman–Crippen LogP) is 2.51. The number of hydrogen-bond acceptors (Lipinski definition) is 2. The van der Waals surface area contributed by atoms with Crippen LogP contribution in [0.1, 0.15) is 19.4 Å². The van der Waals surface area contributed by atoms with Gasteiger partial charge in [-0.1, -0.05) is 12.1 Å². The lowest BCUT2D eigenvalue weighted by molar-refractivity contribution is 0.104. The van der Waals surface area contributed by atoms with Crippen molar-refractivity contribution in [3.63, 3.8) is 0 Å². The molecule has 0 aliphatic carbocycles. The molecule has 0 aliphatic rings. The fourth-order valence-corrected chi connectivity index (χ4v) is 1.46. The number of likely N-dealkylation sites (N-methyl/N-ethyl adjacent to an activating group) is 1. The van der Waals surface area contributed by atoms with Gasteiger partial charge >= 0.3 is 0 Å². The first-order valence-corrected chi connectivity index (χ1v) is 5.05. The topological polar surface area (TPSA) is 21.3 Å². The first-order valence-electron chi connectivity index (χ1n) is 5.05. The molecule has 2 nitrogen and oxygen atoms in total. The molecule has 0 aliphatic heterocycles. The summed E-state index contributed by atoms with van der Waals surface area (Å²) in [6.07, 6.45) is 0. The summed E-state index contributed by atoms with van der Waals surface area (Å²) in [5.41, 5.74) is 0.191. The van der Waals surface area contributed by atoms with Crippen LogP contribution in [0.3, 0.4) is 0 Å². The van der Waals surface area contributed by atoms with Gasteiger partial charge in [0.15, 0.2) is 11.6 Å². The zero-order valence-corrected chi connectivity index (χ0v) is 9.73. The second-order valence-corrected chi connectivity index (χ2v) is 4.28. The van der Waals surface area contributed by atoms with Crippen molar-refractivity contribution in [2.75, 3.05) is 13.6 Å². The minimum absolute atomic E-state index is 0.276. The molecule has 0 fully saturated rings. The summed E-state index contributed by atoms with van der Waals surface area (Å²) in [5.74, 6) is 0.0388. The summed E-state index contributed by atoms with van der Waals surface area (Å²) in [7, 11) is 1.84. The Hall–Kier alpha value is -1.09. The standard InChI is InChI=1S/C12H18FNO/c1-9-6-5-7-10(11(9)13)15-12(2,3)8-14-4/h5-7,14H,8H2,1-4H3. The van der Waals surface area contributed by atoms with Gasteiger partial charge in [-0.15, -0.1) is 0 Å². The van der Waals surface area contributed by atoms with E-state index in [9.17, 15) is 4.39 Å². The van der Waals surface area contributed by atoms with E-state index in [0.29, 0.717) is 17.9 Å².